The van der Waals surface area contributed by atoms with Crippen molar-refractivity contribution in [3.05, 3.63) is 29.8 Å². The minimum absolute atomic E-state index is 0.0232. The zero-order valence-corrected chi connectivity index (χ0v) is 10.8. The number of alkyl halides is 2. The minimum Gasteiger partial charge on any atom is -0.491 e. The van der Waals surface area contributed by atoms with Gasteiger partial charge in [0.1, 0.15) is 17.9 Å². The van der Waals surface area contributed by atoms with Gasteiger partial charge in [-0.25, -0.2) is 13.6 Å². The molecule has 1 aromatic carbocycles. The predicted octanol–water partition coefficient (Wildman–Crippen LogP) is 1.32. The third-order valence-corrected chi connectivity index (χ3v) is 2.59. The molecule has 0 fully saturated rings. The number of rotatable bonds is 9. The molecule has 0 saturated carbocycles. The van der Waals surface area contributed by atoms with Crippen molar-refractivity contribution in [2.75, 3.05) is 32.8 Å². The fourth-order valence-electron chi connectivity index (χ4n) is 1.68. The lowest BCUT2D eigenvalue weighted by molar-refractivity contribution is 0.0680. The number of aliphatic hydroxyl groups is 1. The Morgan fingerprint density at radius 3 is 2.60 bits per heavy atom. The molecule has 7 heteroatoms. The smallest absolute Gasteiger partial charge is 0.339 e. The molecule has 0 amide bonds. The quantitative estimate of drug-likeness (QED) is 0.717. The highest BCUT2D eigenvalue weighted by atomic mass is 19.3. The van der Waals surface area contributed by atoms with Crippen LogP contribution in [0.25, 0.3) is 0 Å². The molecule has 0 atom stereocenters. The summed E-state index contributed by atoms with van der Waals surface area (Å²) in [5, 5.41) is 17.7. The van der Waals surface area contributed by atoms with Crippen LogP contribution >= 0.6 is 0 Å². The number of ether oxygens (including phenoxy) is 1. The van der Waals surface area contributed by atoms with Gasteiger partial charge in [-0.2, -0.15) is 0 Å². The molecule has 5 nitrogen and oxygen atoms in total. The number of para-hydroxylation sites is 1. The van der Waals surface area contributed by atoms with E-state index in [0.717, 1.165) is 0 Å². The van der Waals surface area contributed by atoms with Crippen molar-refractivity contribution in [2.24, 2.45) is 0 Å². The van der Waals surface area contributed by atoms with E-state index in [1.54, 1.807) is 12.1 Å². The fraction of sp³-hybridized carbons (Fsp3) is 0.462. The molecule has 0 aliphatic rings. The van der Waals surface area contributed by atoms with E-state index in [-0.39, 0.29) is 37.6 Å². The molecule has 0 aliphatic heterocycles. The van der Waals surface area contributed by atoms with E-state index < -0.39 is 18.9 Å². The van der Waals surface area contributed by atoms with Gasteiger partial charge in [0.05, 0.1) is 13.2 Å². The van der Waals surface area contributed by atoms with E-state index in [9.17, 15) is 13.6 Å². The fourth-order valence-corrected chi connectivity index (χ4v) is 1.68. The van der Waals surface area contributed by atoms with Gasteiger partial charge in [0.2, 0.25) is 0 Å². The number of hydrogen-bond acceptors (Lipinski definition) is 4. The van der Waals surface area contributed by atoms with Crippen LogP contribution in [0.4, 0.5) is 8.78 Å². The van der Waals surface area contributed by atoms with Gasteiger partial charge in [0.25, 0.3) is 6.43 Å². The highest BCUT2D eigenvalue weighted by Gasteiger charge is 2.13. The first-order valence-electron chi connectivity index (χ1n) is 6.11. The van der Waals surface area contributed by atoms with Crippen molar-refractivity contribution < 1.29 is 28.5 Å². The molecule has 0 radical (unpaired) electrons. The number of aliphatic hydroxyl groups excluding tert-OH is 1. The van der Waals surface area contributed by atoms with Gasteiger partial charge < -0.3 is 14.9 Å². The summed E-state index contributed by atoms with van der Waals surface area (Å²) >= 11 is 0. The summed E-state index contributed by atoms with van der Waals surface area (Å²) in [4.78, 5) is 12.3. The van der Waals surface area contributed by atoms with Gasteiger partial charge in [-0.05, 0) is 12.1 Å². The average molecular weight is 289 g/mol. The SMILES string of the molecule is O=C(O)c1ccccc1OCCN(CCO)CC(F)F. The van der Waals surface area contributed by atoms with Gasteiger partial charge >= 0.3 is 5.97 Å². The Labute approximate surface area is 115 Å². The summed E-state index contributed by atoms with van der Waals surface area (Å²) in [6, 6.07) is 6.12. The highest BCUT2D eigenvalue weighted by Crippen LogP contribution is 2.17. The molecule has 0 unspecified atom stereocenters. The van der Waals surface area contributed by atoms with E-state index in [1.165, 1.54) is 17.0 Å². The Hall–Kier alpha value is -1.73. The number of halogens is 2. The molecule has 0 spiro atoms. The summed E-state index contributed by atoms with van der Waals surface area (Å²) < 4.78 is 29.9. The average Bonchev–Trinajstić information content (AvgIpc) is 2.38. The lowest BCUT2D eigenvalue weighted by Crippen LogP contribution is -2.35. The molecule has 112 valence electrons. The molecule has 20 heavy (non-hydrogen) atoms. The van der Waals surface area contributed by atoms with Crippen LogP contribution in [0.1, 0.15) is 10.4 Å². The minimum atomic E-state index is -2.49. The Morgan fingerprint density at radius 1 is 1.30 bits per heavy atom. The van der Waals surface area contributed by atoms with Crippen molar-refractivity contribution >= 4 is 5.97 Å². The van der Waals surface area contributed by atoms with Crippen molar-refractivity contribution in [1.82, 2.24) is 4.90 Å². The number of carboxylic acids is 1. The number of aromatic carboxylic acids is 1. The maximum atomic E-state index is 12.3. The summed E-state index contributed by atoms with van der Waals surface area (Å²) in [6.45, 7) is -0.312. The van der Waals surface area contributed by atoms with Gasteiger partial charge in [0.15, 0.2) is 0 Å². The molecule has 0 aromatic heterocycles. The molecule has 0 heterocycles. The zero-order valence-electron chi connectivity index (χ0n) is 10.8. The lowest BCUT2D eigenvalue weighted by Gasteiger charge is -2.21. The van der Waals surface area contributed by atoms with Crippen LogP contribution in [-0.2, 0) is 0 Å². The highest BCUT2D eigenvalue weighted by molar-refractivity contribution is 5.90. The maximum absolute atomic E-state index is 12.3. The molecule has 0 saturated heterocycles. The Bertz CT molecular complexity index is 429. The topological polar surface area (TPSA) is 70.0 Å². The van der Waals surface area contributed by atoms with Crippen LogP contribution in [0.2, 0.25) is 0 Å². The molecule has 1 aromatic rings. The normalized spacial score (nSPS) is 11.1. The second-order valence-electron chi connectivity index (χ2n) is 4.07. The third-order valence-electron chi connectivity index (χ3n) is 2.59. The number of carbonyl (C=O) groups is 1. The van der Waals surface area contributed by atoms with E-state index in [4.69, 9.17) is 14.9 Å². The van der Waals surface area contributed by atoms with Gasteiger partial charge in [-0.15, -0.1) is 0 Å². The van der Waals surface area contributed by atoms with Crippen LogP contribution in [0.15, 0.2) is 24.3 Å². The third kappa shape index (κ3) is 5.50. The molecular weight excluding hydrogens is 272 g/mol. The largest absolute Gasteiger partial charge is 0.491 e. The summed E-state index contributed by atoms with van der Waals surface area (Å²) in [5.74, 6) is -0.915. The molecule has 2 N–H and O–H groups in total. The molecular formula is C13H17F2NO4. The van der Waals surface area contributed by atoms with Crippen molar-refractivity contribution in [2.45, 2.75) is 6.43 Å². The first kappa shape index (κ1) is 16.3. The first-order chi connectivity index (χ1) is 9.54. The van der Waals surface area contributed by atoms with Gasteiger partial charge in [-0.1, -0.05) is 12.1 Å². The second-order valence-corrected chi connectivity index (χ2v) is 4.07. The van der Waals surface area contributed by atoms with Crippen LogP contribution < -0.4 is 4.74 Å². The van der Waals surface area contributed by atoms with Gasteiger partial charge in [-0.3, -0.25) is 4.90 Å². The zero-order chi connectivity index (χ0) is 15.0. The number of carboxylic acid groups (broad SMARTS) is 1. The molecule has 0 bridgehead atoms. The van der Waals surface area contributed by atoms with Crippen molar-refractivity contribution in [1.29, 1.82) is 0 Å². The summed E-state index contributed by atoms with van der Waals surface area (Å²) in [5.41, 5.74) is 0.0232. The molecule has 0 aliphatic carbocycles. The second kappa shape index (κ2) is 8.44. The standard InChI is InChI=1S/C13H17F2NO4/c14-12(15)9-16(5-7-17)6-8-20-11-4-2-1-3-10(11)13(18)19/h1-4,12,17H,5-9H2,(H,18,19). The Kier molecular flexibility index (Phi) is 6.89. The number of nitrogens with zero attached hydrogens (tertiary/aromatic N) is 1. The van der Waals surface area contributed by atoms with Gasteiger partial charge in [0, 0.05) is 13.1 Å². The number of benzene rings is 1. The predicted molar refractivity (Wildman–Crippen MR) is 68.4 cm³/mol. The van der Waals surface area contributed by atoms with E-state index >= 15 is 0 Å². The van der Waals surface area contributed by atoms with E-state index in [2.05, 4.69) is 0 Å². The Balaban J connectivity index is 2.52. The van der Waals surface area contributed by atoms with Crippen molar-refractivity contribution in [3.63, 3.8) is 0 Å². The molecule has 1 rings (SSSR count). The van der Waals surface area contributed by atoms with E-state index in [1.807, 2.05) is 0 Å². The summed E-state index contributed by atoms with van der Waals surface area (Å²) in [7, 11) is 0. The van der Waals surface area contributed by atoms with Crippen LogP contribution in [0.3, 0.4) is 0 Å². The maximum Gasteiger partial charge on any atom is 0.339 e. The van der Waals surface area contributed by atoms with Crippen LogP contribution in [0.5, 0.6) is 5.75 Å². The Morgan fingerprint density at radius 2 is 2.00 bits per heavy atom. The van der Waals surface area contributed by atoms with Crippen molar-refractivity contribution in [3.8, 4) is 5.75 Å². The van der Waals surface area contributed by atoms with E-state index in [0.29, 0.717) is 0 Å². The van der Waals surface area contributed by atoms with Crippen LogP contribution in [-0.4, -0.2) is 60.4 Å². The van der Waals surface area contributed by atoms with Crippen LogP contribution in [0, 0.1) is 0 Å². The monoisotopic (exact) mass is 289 g/mol. The lowest BCUT2D eigenvalue weighted by atomic mass is 10.2. The summed E-state index contributed by atoms with van der Waals surface area (Å²) in [6.07, 6.45) is -2.49. The first-order valence-corrected chi connectivity index (χ1v) is 6.11. The number of hydrogen-bond donors (Lipinski definition) is 2.